The third-order valence-electron chi connectivity index (χ3n) is 1.82. The Morgan fingerprint density at radius 2 is 1.94 bits per heavy atom. The summed E-state index contributed by atoms with van der Waals surface area (Å²) in [7, 11) is 0. The normalized spacial score (nSPS) is 12.2. The van der Waals surface area contributed by atoms with Crippen molar-refractivity contribution in [2.75, 3.05) is 0 Å². The molecule has 0 aliphatic rings. The average molecular weight is 262 g/mol. The number of nitrogens with one attached hydrogen (secondary N) is 1. The van der Waals surface area contributed by atoms with E-state index in [9.17, 15) is 26.7 Å². The first-order chi connectivity index (χ1) is 7.27. The fraction of sp³-hybridized carbons (Fsp3) is 0.375. The van der Waals surface area contributed by atoms with Gasteiger partial charge in [0, 0.05) is 5.56 Å². The molecule has 0 bridgehead atoms. The SMILES string of the molecule is O=c1[nH]c(C(F)F)c(C(F)(F)F)cc1CCl. The molecular weight excluding hydrogens is 257 g/mol. The van der Waals surface area contributed by atoms with E-state index in [1.165, 1.54) is 4.98 Å². The molecular formula is C8H5ClF5NO. The van der Waals surface area contributed by atoms with E-state index < -0.39 is 40.9 Å². The van der Waals surface area contributed by atoms with Crippen molar-refractivity contribution in [2.45, 2.75) is 18.5 Å². The van der Waals surface area contributed by atoms with Gasteiger partial charge in [0.2, 0.25) is 0 Å². The van der Waals surface area contributed by atoms with Gasteiger partial charge >= 0.3 is 6.18 Å². The molecule has 0 atom stereocenters. The maximum atomic E-state index is 12.4. The largest absolute Gasteiger partial charge is 0.418 e. The van der Waals surface area contributed by atoms with Crippen LogP contribution in [0.2, 0.25) is 0 Å². The van der Waals surface area contributed by atoms with Crippen LogP contribution in [0.5, 0.6) is 0 Å². The summed E-state index contributed by atoms with van der Waals surface area (Å²) < 4.78 is 61.6. The number of hydrogen-bond acceptors (Lipinski definition) is 1. The van der Waals surface area contributed by atoms with E-state index in [1.807, 2.05) is 0 Å². The van der Waals surface area contributed by atoms with E-state index in [0.29, 0.717) is 6.07 Å². The first kappa shape index (κ1) is 13.0. The van der Waals surface area contributed by atoms with Gasteiger partial charge < -0.3 is 4.98 Å². The molecule has 1 aromatic heterocycles. The number of aromatic amines is 1. The summed E-state index contributed by atoms with van der Waals surface area (Å²) in [5, 5.41) is 0. The fourth-order valence-electron chi connectivity index (χ4n) is 1.09. The zero-order valence-electron chi connectivity index (χ0n) is 7.54. The molecule has 0 saturated heterocycles. The quantitative estimate of drug-likeness (QED) is 0.644. The van der Waals surface area contributed by atoms with Crippen molar-refractivity contribution < 1.29 is 22.0 Å². The lowest BCUT2D eigenvalue weighted by atomic mass is 10.1. The maximum Gasteiger partial charge on any atom is 0.418 e. The van der Waals surface area contributed by atoms with E-state index in [1.54, 1.807) is 0 Å². The van der Waals surface area contributed by atoms with Crippen LogP contribution in [-0.2, 0) is 12.1 Å². The summed E-state index contributed by atoms with van der Waals surface area (Å²) in [4.78, 5) is 12.5. The molecule has 1 aromatic rings. The smallest absolute Gasteiger partial charge is 0.320 e. The number of rotatable bonds is 2. The number of alkyl halides is 6. The second kappa shape index (κ2) is 4.40. The van der Waals surface area contributed by atoms with Crippen LogP contribution in [0.3, 0.4) is 0 Å². The molecule has 0 unspecified atom stereocenters. The Kier molecular flexibility index (Phi) is 3.57. The van der Waals surface area contributed by atoms with Gasteiger partial charge in [-0.3, -0.25) is 4.79 Å². The minimum absolute atomic E-state index is 0.341. The number of aromatic nitrogens is 1. The van der Waals surface area contributed by atoms with Crippen molar-refractivity contribution in [3.8, 4) is 0 Å². The van der Waals surface area contributed by atoms with Crippen LogP contribution < -0.4 is 5.56 Å². The Morgan fingerprint density at radius 3 is 2.31 bits per heavy atom. The van der Waals surface area contributed by atoms with Crippen molar-refractivity contribution in [1.29, 1.82) is 0 Å². The van der Waals surface area contributed by atoms with Gasteiger partial charge in [0.25, 0.3) is 12.0 Å². The molecule has 0 aliphatic heterocycles. The molecule has 1 heterocycles. The molecule has 0 aromatic carbocycles. The zero-order chi connectivity index (χ0) is 12.5. The Labute approximate surface area is 91.0 Å². The molecule has 0 spiro atoms. The number of halogens is 6. The van der Waals surface area contributed by atoms with Gasteiger partial charge in [-0.05, 0) is 6.07 Å². The van der Waals surface area contributed by atoms with Gasteiger partial charge in [0.05, 0.1) is 17.1 Å². The molecule has 0 aliphatic carbocycles. The molecule has 0 fully saturated rings. The lowest BCUT2D eigenvalue weighted by Gasteiger charge is -2.12. The number of hydrogen-bond donors (Lipinski definition) is 1. The predicted octanol–water partition coefficient (Wildman–Crippen LogP) is 3.07. The Morgan fingerprint density at radius 1 is 1.38 bits per heavy atom. The lowest BCUT2D eigenvalue weighted by molar-refractivity contribution is -0.140. The minimum atomic E-state index is -4.96. The molecule has 8 heteroatoms. The van der Waals surface area contributed by atoms with Crippen LogP contribution in [-0.4, -0.2) is 4.98 Å². The van der Waals surface area contributed by atoms with Gasteiger partial charge in [-0.2, -0.15) is 13.2 Å². The van der Waals surface area contributed by atoms with Crippen molar-refractivity contribution in [1.82, 2.24) is 4.98 Å². The topological polar surface area (TPSA) is 32.9 Å². The average Bonchev–Trinajstić information content (AvgIpc) is 2.15. The van der Waals surface area contributed by atoms with Crippen LogP contribution in [0.15, 0.2) is 10.9 Å². The lowest BCUT2D eigenvalue weighted by Crippen LogP contribution is -2.20. The second-order valence-corrected chi connectivity index (χ2v) is 3.15. The number of H-pyrrole nitrogens is 1. The summed E-state index contributed by atoms with van der Waals surface area (Å²) in [6, 6.07) is 0.341. The summed E-state index contributed by atoms with van der Waals surface area (Å²) >= 11 is 5.21. The summed E-state index contributed by atoms with van der Waals surface area (Å²) in [5.41, 5.74) is -4.46. The van der Waals surface area contributed by atoms with Crippen LogP contribution in [0.4, 0.5) is 22.0 Å². The van der Waals surface area contributed by atoms with E-state index in [0.717, 1.165) is 0 Å². The highest BCUT2D eigenvalue weighted by Crippen LogP contribution is 2.35. The van der Waals surface area contributed by atoms with Crippen molar-refractivity contribution in [2.24, 2.45) is 0 Å². The summed E-state index contributed by atoms with van der Waals surface area (Å²) in [6.07, 6.45) is -8.37. The first-order valence-electron chi connectivity index (χ1n) is 3.94. The standard InChI is InChI=1S/C8H5ClF5NO/c9-2-3-1-4(8(12,13)14)5(6(10)11)15-7(3)16/h1,6H,2H2,(H,15,16). The molecule has 0 amide bonds. The van der Waals surface area contributed by atoms with Crippen molar-refractivity contribution >= 4 is 11.6 Å². The summed E-state index contributed by atoms with van der Waals surface area (Å²) in [6.45, 7) is 0. The van der Waals surface area contributed by atoms with Gasteiger partial charge in [0.15, 0.2) is 0 Å². The van der Waals surface area contributed by atoms with Gasteiger partial charge in [-0.25, -0.2) is 8.78 Å². The summed E-state index contributed by atoms with van der Waals surface area (Å²) in [5.74, 6) is -0.484. The highest BCUT2D eigenvalue weighted by atomic mass is 35.5. The Hall–Kier alpha value is -1.11. The van der Waals surface area contributed by atoms with E-state index in [2.05, 4.69) is 0 Å². The third kappa shape index (κ3) is 2.52. The maximum absolute atomic E-state index is 12.4. The zero-order valence-corrected chi connectivity index (χ0v) is 8.29. The van der Waals surface area contributed by atoms with Crippen molar-refractivity contribution in [3.05, 3.63) is 33.2 Å². The Balaban J connectivity index is 3.50. The monoisotopic (exact) mass is 261 g/mol. The van der Waals surface area contributed by atoms with E-state index >= 15 is 0 Å². The van der Waals surface area contributed by atoms with Gasteiger partial charge in [-0.15, -0.1) is 11.6 Å². The molecule has 16 heavy (non-hydrogen) atoms. The van der Waals surface area contributed by atoms with Crippen LogP contribution in [0.25, 0.3) is 0 Å². The molecule has 0 radical (unpaired) electrons. The van der Waals surface area contributed by atoms with E-state index in [4.69, 9.17) is 11.6 Å². The number of pyridine rings is 1. The fourth-order valence-corrected chi connectivity index (χ4v) is 1.29. The predicted molar refractivity (Wildman–Crippen MR) is 46.6 cm³/mol. The van der Waals surface area contributed by atoms with Crippen LogP contribution >= 0.6 is 11.6 Å². The molecule has 1 rings (SSSR count). The highest BCUT2D eigenvalue weighted by Gasteiger charge is 2.37. The van der Waals surface area contributed by atoms with Gasteiger partial charge in [0.1, 0.15) is 0 Å². The Bertz CT molecular complexity index is 439. The minimum Gasteiger partial charge on any atom is -0.320 e. The molecule has 1 N–H and O–H groups in total. The molecule has 0 saturated carbocycles. The van der Waals surface area contributed by atoms with Crippen molar-refractivity contribution in [3.63, 3.8) is 0 Å². The molecule has 90 valence electrons. The van der Waals surface area contributed by atoms with Crippen LogP contribution in [0, 0.1) is 0 Å². The highest BCUT2D eigenvalue weighted by molar-refractivity contribution is 6.17. The van der Waals surface area contributed by atoms with E-state index in [-0.39, 0.29) is 0 Å². The first-order valence-corrected chi connectivity index (χ1v) is 4.48. The van der Waals surface area contributed by atoms with Gasteiger partial charge in [-0.1, -0.05) is 0 Å². The third-order valence-corrected chi connectivity index (χ3v) is 2.10. The van der Waals surface area contributed by atoms with Crippen LogP contribution in [0.1, 0.15) is 23.2 Å². The second-order valence-electron chi connectivity index (χ2n) is 2.88. The molecule has 2 nitrogen and oxygen atoms in total.